The number of benzene rings is 1. The Morgan fingerprint density at radius 2 is 1.90 bits per heavy atom. The van der Waals surface area contributed by atoms with Crippen LogP contribution in [0.15, 0.2) is 65.4 Å². The quantitative estimate of drug-likeness (QED) is 0.387. The summed E-state index contributed by atoms with van der Waals surface area (Å²) in [4.78, 5) is 13.6. The molecular formula is C23H18F3N3OS. The minimum absolute atomic E-state index is 0.608. The molecule has 0 saturated carbocycles. The fourth-order valence-electron chi connectivity index (χ4n) is 3.70. The number of alkyl halides is 3. The lowest BCUT2D eigenvalue weighted by Crippen LogP contribution is -2.30. The number of hydrogen-bond acceptors (Lipinski definition) is 5. The molecule has 5 rings (SSSR count). The maximum absolute atomic E-state index is 12.8. The molecule has 4 heterocycles. The van der Waals surface area contributed by atoms with E-state index >= 15 is 0 Å². The Hall–Kier alpha value is -2.97. The average Bonchev–Trinajstić information content (AvgIpc) is 3.45. The lowest BCUT2D eigenvalue weighted by Gasteiger charge is -2.27. The normalized spacial score (nSPS) is 14.5. The van der Waals surface area contributed by atoms with Crippen LogP contribution in [-0.4, -0.2) is 21.4 Å². The zero-order valence-electron chi connectivity index (χ0n) is 16.4. The fraction of sp³-hybridized carbons (Fsp3) is 0.217. The molecule has 1 aromatic carbocycles. The molecule has 0 aliphatic carbocycles. The molecule has 1 aliphatic heterocycles. The predicted octanol–water partition coefficient (Wildman–Crippen LogP) is 6.04. The minimum atomic E-state index is -4.31. The van der Waals surface area contributed by atoms with Crippen LogP contribution in [-0.2, 0) is 25.7 Å². The molecule has 0 saturated heterocycles. The van der Waals surface area contributed by atoms with Gasteiger partial charge in [-0.15, -0.1) is 11.3 Å². The topological polar surface area (TPSA) is 42.2 Å². The first kappa shape index (κ1) is 20.0. The smallest absolute Gasteiger partial charge is 0.416 e. The highest BCUT2D eigenvalue weighted by Gasteiger charge is 2.30. The van der Waals surface area contributed by atoms with Gasteiger partial charge in [0.1, 0.15) is 0 Å². The van der Waals surface area contributed by atoms with Gasteiger partial charge in [-0.2, -0.15) is 13.2 Å². The van der Waals surface area contributed by atoms with Crippen LogP contribution >= 0.6 is 11.3 Å². The van der Waals surface area contributed by atoms with Gasteiger partial charge in [0.15, 0.2) is 11.6 Å². The van der Waals surface area contributed by atoms with Gasteiger partial charge < -0.3 is 4.42 Å². The number of rotatable bonds is 4. The number of halogens is 3. The summed E-state index contributed by atoms with van der Waals surface area (Å²) in [6, 6.07) is 13.0. The SMILES string of the molecule is FC(F)(F)c1ccc(-c2ccc(CN3CCc4nc(-c5ccco5)ncc4C3)s2)cc1. The molecule has 4 nitrogen and oxygen atoms in total. The maximum Gasteiger partial charge on any atom is 0.416 e. The van der Waals surface area contributed by atoms with Crippen LogP contribution in [0.4, 0.5) is 13.2 Å². The molecule has 0 atom stereocenters. The second kappa shape index (κ2) is 7.94. The van der Waals surface area contributed by atoms with Gasteiger partial charge in [0, 0.05) is 47.6 Å². The van der Waals surface area contributed by atoms with E-state index in [1.54, 1.807) is 17.6 Å². The molecular weight excluding hydrogens is 423 g/mol. The Morgan fingerprint density at radius 3 is 2.65 bits per heavy atom. The van der Waals surface area contributed by atoms with Gasteiger partial charge in [-0.05, 0) is 42.0 Å². The Morgan fingerprint density at radius 1 is 1.06 bits per heavy atom. The standard InChI is InChI=1S/C23H18F3N3OS/c24-23(25,26)17-5-3-15(4-6-17)21-8-7-18(31-21)14-29-10-9-19-16(13-29)12-27-22(28-19)20-2-1-11-30-20/h1-8,11-12H,9-10,13-14H2. The Bertz CT molecular complexity index is 1180. The molecule has 4 aromatic rings. The first-order valence-electron chi connectivity index (χ1n) is 9.83. The van der Waals surface area contributed by atoms with Crippen molar-refractivity contribution in [1.82, 2.24) is 14.9 Å². The summed E-state index contributed by atoms with van der Waals surface area (Å²) in [5, 5.41) is 0. The summed E-state index contributed by atoms with van der Waals surface area (Å²) in [5.41, 5.74) is 2.33. The largest absolute Gasteiger partial charge is 0.461 e. The molecule has 0 fully saturated rings. The molecule has 0 spiro atoms. The summed E-state index contributed by atoms with van der Waals surface area (Å²) in [6.07, 6.45) is 0.00305. The zero-order chi connectivity index (χ0) is 21.4. The van der Waals surface area contributed by atoms with E-state index < -0.39 is 11.7 Å². The van der Waals surface area contributed by atoms with Gasteiger partial charge in [-0.1, -0.05) is 12.1 Å². The lowest BCUT2D eigenvalue weighted by atomic mass is 10.1. The highest BCUT2D eigenvalue weighted by molar-refractivity contribution is 7.15. The lowest BCUT2D eigenvalue weighted by molar-refractivity contribution is -0.137. The van der Waals surface area contributed by atoms with E-state index in [1.165, 1.54) is 17.0 Å². The molecule has 0 N–H and O–H groups in total. The molecule has 0 amide bonds. The average molecular weight is 441 g/mol. The molecule has 0 bridgehead atoms. The van der Waals surface area contributed by atoms with Crippen LogP contribution in [0, 0.1) is 0 Å². The van der Waals surface area contributed by atoms with Gasteiger partial charge in [-0.3, -0.25) is 4.90 Å². The van der Waals surface area contributed by atoms with Crippen LogP contribution in [0.25, 0.3) is 22.0 Å². The van der Waals surface area contributed by atoms with E-state index in [0.29, 0.717) is 11.6 Å². The number of fused-ring (bicyclic) bond motifs is 1. The Kier molecular flexibility index (Phi) is 5.11. The van der Waals surface area contributed by atoms with Crippen molar-refractivity contribution in [2.75, 3.05) is 6.54 Å². The second-order valence-electron chi connectivity index (χ2n) is 7.44. The van der Waals surface area contributed by atoms with Crippen LogP contribution in [0.1, 0.15) is 21.7 Å². The molecule has 0 radical (unpaired) electrons. The minimum Gasteiger partial charge on any atom is -0.461 e. The maximum atomic E-state index is 12.8. The van der Waals surface area contributed by atoms with Crippen molar-refractivity contribution in [3.8, 4) is 22.0 Å². The van der Waals surface area contributed by atoms with Gasteiger partial charge in [-0.25, -0.2) is 9.97 Å². The van der Waals surface area contributed by atoms with Crippen molar-refractivity contribution in [3.05, 3.63) is 82.7 Å². The second-order valence-corrected chi connectivity index (χ2v) is 8.61. The van der Waals surface area contributed by atoms with Gasteiger partial charge in [0.05, 0.1) is 17.5 Å². The zero-order valence-corrected chi connectivity index (χ0v) is 17.2. The van der Waals surface area contributed by atoms with E-state index in [0.717, 1.165) is 59.9 Å². The van der Waals surface area contributed by atoms with Gasteiger partial charge in [0.25, 0.3) is 0 Å². The number of aromatic nitrogens is 2. The van der Waals surface area contributed by atoms with Crippen molar-refractivity contribution >= 4 is 11.3 Å². The number of furan rings is 1. The third kappa shape index (κ3) is 4.26. The number of hydrogen-bond donors (Lipinski definition) is 0. The predicted molar refractivity (Wildman–Crippen MR) is 112 cm³/mol. The molecule has 1 aliphatic rings. The Balaban J connectivity index is 1.26. The molecule has 0 unspecified atom stereocenters. The van der Waals surface area contributed by atoms with Crippen LogP contribution in [0.5, 0.6) is 0 Å². The highest BCUT2D eigenvalue weighted by atomic mass is 32.1. The first-order chi connectivity index (χ1) is 15.0. The third-order valence-corrected chi connectivity index (χ3v) is 6.41. The monoisotopic (exact) mass is 441 g/mol. The van der Waals surface area contributed by atoms with E-state index in [1.807, 2.05) is 30.5 Å². The number of thiophene rings is 1. The van der Waals surface area contributed by atoms with E-state index in [2.05, 4.69) is 14.9 Å². The first-order valence-corrected chi connectivity index (χ1v) is 10.6. The summed E-state index contributed by atoms with van der Waals surface area (Å²) in [6.45, 7) is 2.43. The van der Waals surface area contributed by atoms with Crippen LogP contribution in [0.3, 0.4) is 0 Å². The van der Waals surface area contributed by atoms with Crippen molar-refractivity contribution in [2.45, 2.75) is 25.7 Å². The van der Waals surface area contributed by atoms with Gasteiger partial charge >= 0.3 is 6.18 Å². The summed E-state index contributed by atoms with van der Waals surface area (Å²) < 4.78 is 43.7. The van der Waals surface area contributed by atoms with Crippen LogP contribution < -0.4 is 0 Å². The summed E-state index contributed by atoms with van der Waals surface area (Å²) in [7, 11) is 0. The van der Waals surface area contributed by atoms with Crippen molar-refractivity contribution < 1.29 is 17.6 Å². The number of nitrogens with zero attached hydrogens (tertiary/aromatic N) is 3. The summed E-state index contributed by atoms with van der Waals surface area (Å²) in [5.74, 6) is 1.27. The van der Waals surface area contributed by atoms with Crippen molar-refractivity contribution in [2.24, 2.45) is 0 Å². The van der Waals surface area contributed by atoms with E-state index in [9.17, 15) is 13.2 Å². The van der Waals surface area contributed by atoms with E-state index in [4.69, 9.17) is 4.42 Å². The Labute approximate surface area is 181 Å². The third-order valence-electron chi connectivity index (χ3n) is 5.29. The molecule has 158 valence electrons. The van der Waals surface area contributed by atoms with E-state index in [-0.39, 0.29) is 0 Å². The highest BCUT2D eigenvalue weighted by Crippen LogP contribution is 2.34. The molecule has 31 heavy (non-hydrogen) atoms. The fourth-order valence-corrected chi connectivity index (χ4v) is 4.75. The van der Waals surface area contributed by atoms with Crippen molar-refractivity contribution in [3.63, 3.8) is 0 Å². The van der Waals surface area contributed by atoms with Gasteiger partial charge in [0.2, 0.25) is 0 Å². The van der Waals surface area contributed by atoms with Crippen molar-refractivity contribution in [1.29, 1.82) is 0 Å². The summed E-state index contributed by atoms with van der Waals surface area (Å²) >= 11 is 1.61. The van der Waals surface area contributed by atoms with Crippen LogP contribution in [0.2, 0.25) is 0 Å². The molecule has 3 aromatic heterocycles. The molecule has 8 heteroatoms.